The van der Waals surface area contributed by atoms with Gasteiger partial charge in [-0.1, -0.05) is 0 Å². The predicted octanol–water partition coefficient (Wildman–Crippen LogP) is 6.08. The van der Waals surface area contributed by atoms with Gasteiger partial charge >= 0.3 is 24.5 Å². The first kappa shape index (κ1) is 29.9. The van der Waals surface area contributed by atoms with Gasteiger partial charge in [-0.25, -0.2) is 19.7 Å². The van der Waals surface area contributed by atoms with Gasteiger partial charge in [-0.2, -0.15) is 39.5 Å². The van der Waals surface area contributed by atoms with Crippen molar-refractivity contribution in [2.45, 2.75) is 18.5 Å². The first-order valence-corrected chi connectivity index (χ1v) is 12.3. The highest BCUT2D eigenvalue weighted by molar-refractivity contribution is 7.13. The lowest BCUT2D eigenvalue weighted by molar-refractivity contribution is -0.192. The molecule has 5 rings (SSSR count). The van der Waals surface area contributed by atoms with Gasteiger partial charge in [-0.05, 0) is 24.3 Å². The number of halogens is 9. The summed E-state index contributed by atoms with van der Waals surface area (Å²) in [5.41, 5.74) is -0.796. The molecule has 4 aromatic rings. The van der Waals surface area contributed by atoms with Gasteiger partial charge in [0.05, 0.1) is 16.6 Å². The van der Waals surface area contributed by atoms with Crippen molar-refractivity contribution in [1.29, 1.82) is 0 Å². The molecule has 0 aliphatic carbocycles. The minimum absolute atomic E-state index is 0.139. The Labute approximate surface area is 228 Å². The molecule has 0 saturated carbocycles. The van der Waals surface area contributed by atoms with Gasteiger partial charge in [0, 0.05) is 49.5 Å². The molecular weight excluding hydrogens is 595 g/mol. The Kier molecular flexibility index (Phi) is 8.06. The number of nitrogens with zero attached hydrogens (tertiary/aromatic N) is 5. The van der Waals surface area contributed by atoms with Crippen molar-refractivity contribution < 1.29 is 49.4 Å². The molecule has 0 spiro atoms. The number of hydrogen-bond donors (Lipinski definition) is 2. The minimum Gasteiger partial charge on any atom is -0.475 e. The van der Waals surface area contributed by atoms with Gasteiger partial charge in [0.15, 0.2) is 0 Å². The van der Waals surface area contributed by atoms with Crippen LogP contribution in [-0.2, 0) is 17.1 Å². The molecule has 3 aromatic heterocycles. The van der Waals surface area contributed by atoms with Gasteiger partial charge in [0.2, 0.25) is 5.95 Å². The molecule has 1 saturated heterocycles. The van der Waals surface area contributed by atoms with Crippen molar-refractivity contribution in [3.05, 3.63) is 53.2 Å². The van der Waals surface area contributed by atoms with E-state index < -0.39 is 35.6 Å². The molecule has 1 aliphatic heterocycles. The SMILES string of the molecule is FC(F)(F)c1cc(-c2nccs2)c2nc(N3CCN(c4ncccc4C(F)(F)F)CC3)[nH]c2c1.O=C(O)C(F)(F)F. The van der Waals surface area contributed by atoms with E-state index in [1.54, 1.807) is 15.2 Å². The summed E-state index contributed by atoms with van der Waals surface area (Å²) in [6.07, 6.45) is -11.3. The van der Waals surface area contributed by atoms with Crippen LogP contribution in [0.3, 0.4) is 0 Å². The average Bonchev–Trinajstić information content (AvgIpc) is 3.57. The van der Waals surface area contributed by atoms with E-state index in [4.69, 9.17) is 9.90 Å². The Morgan fingerprint density at radius 1 is 0.902 bits per heavy atom. The van der Waals surface area contributed by atoms with E-state index in [0.717, 1.165) is 18.2 Å². The monoisotopic (exact) mass is 612 g/mol. The van der Waals surface area contributed by atoms with Crippen molar-refractivity contribution in [2.75, 3.05) is 36.0 Å². The Balaban J connectivity index is 0.000000493. The zero-order chi connectivity index (χ0) is 30.2. The lowest BCUT2D eigenvalue weighted by Gasteiger charge is -2.36. The molecule has 0 unspecified atom stereocenters. The van der Waals surface area contributed by atoms with Crippen molar-refractivity contribution in [3.63, 3.8) is 0 Å². The summed E-state index contributed by atoms with van der Waals surface area (Å²) in [5, 5.41) is 9.20. The summed E-state index contributed by atoms with van der Waals surface area (Å²) in [5.74, 6) is -2.54. The fourth-order valence-electron chi connectivity index (χ4n) is 3.94. The van der Waals surface area contributed by atoms with Crippen molar-refractivity contribution in [1.82, 2.24) is 19.9 Å². The van der Waals surface area contributed by atoms with E-state index in [-0.39, 0.29) is 30.0 Å². The van der Waals surface area contributed by atoms with Crippen LogP contribution in [0.4, 0.5) is 51.3 Å². The minimum atomic E-state index is -5.08. The maximum atomic E-state index is 13.5. The number of aromatic nitrogens is 4. The number of carboxylic acids is 1. The first-order valence-electron chi connectivity index (χ1n) is 11.4. The van der Waals surface area contributed by atoms with Crippen molar-refractivity contribution >= 4 is 40.1 Å². The Morgan fingerprint density at radius 3 is 2.07 bits per heavy atom. The third kappa shape index (κ3) is 6.80. The van der Waals surface area contributed by atoms with E-state index in [9.17, 15) is 39.5 Å². The van der Waals surface area contributed by atoms with E-state index in [2.05, 4.69) is 19.9 Å². The number of anilines is 2. The molecule has 41 heavy (non-hydrogen) atoms. The second kappa shape index (κ2) is 11.1. The summed E-state index contributed by atoms with van der Waals surface area (Å²) in [7, 11) is 0. The Morgan fingerprint density at radius 2 is 1.54 bits per heavy atom. The number of thiazole rings is 1. The molecule has 0 amide bonds. The van der Waals surface area contributed by atoms with Gasteiger partial charge in [0.1, 0.15) is 16.3 Å². The zero-order valence-corrected chi connectivity index (χ0v) is 21.1. The first-order chi connectivity index (χ1) is 19.1. The molecule has 0 atom stereocenters. The number of nitrogens with one attached hydrogen (secondary N) is 1. The average molecular weight is 612 g/mol. The molecule has 0 radical (unpaired) electrons. The number of rotatable bonds is 3. The Bertz CT molecular complexity index is 1510. The van der Waals surface area contributed by atoms with Gasteiger partial charge < -0.3 is 19.9 Å². The van der Waals surface area contributed by atoms with Crippen LogP contribution in [0.15, 0.2) is 42.0 Å². The number of imidazole rings is 1. The summed E-state index contributed by atoms with van der Waals surface area (Å²) in [4.78, 5) is 27.8. The highest BCUT2D eigenvalue weighted by Crippen LogP contribution is 2.39. The highest BCUT2D eigenvalue weighted by Gasteiger charge is 2.38. The fraction of sp³-hybridized carbons (Fsp3) is 0.304. The maximum absolute atomic E-state index is 13.5. The Hall–Kier alpha value is -4.09. The van der Waals surface area contributed by atoms with Crippen molar-refractivity contribution in [2.24, 2.45) is 0 Å². The summed E-state index contributed by atoms with van der Waals surface area (Å²) < 4.78 is 112. The topological polar surface area (TPSA) is 98.2 Å². The summed E-state index contributed by atoms with van der Waals surface area (Å²) in [6.45, 7) is 1.10. The summed E-state index contributed by atoms with van der Waals surface area (Å²) >= 11 is 1.20. The third-order valence-corrected chi connectivity index (χ3v) is 6.58. The van der Waals surface area contributed by atoms with Gasteiger partial charge in [-0.3, -0.25) is 0 Å². The number of carbonyl (C=O) groups is 1. The van der Waals surface area contributed by atoms with Crippen LogP contribution in [0.25, 0.3) is 21.6 Å². The molecule has 1 aliphatic rings. The number of piperazine rings is 1. The highest BCUT2D eigenvalue weighted by atomic mass is 32.1. The van der Waals surface area contributed by atoms with Crippen LogP contribution in [-0.4, -0.2) is 63.4 Å². The van der Waals surface area contributed by atoms with Gasteiger partial charge in [-0.15, -0.1) is 11.3 Å². The molecule has 4 heterocycles. The normalized spacial score (nSPS) is 14.7. The van der Waals surface area contributed by atoms with Crippen LogP contribution in [0.1, 0.15) is 11.1 Å². The van der Waals surface area contributed by atoms with E-state index in [1.165, 1.54) is 29.8 Å². The zero-order valence-electron chi connectivity index (χ0n) is 20.3. The molecule has 0 bridgehead atoms. The molecule has 1 fully saturated rings. The number of fused-ring (bicyclic) bond motifs is 1. The van der Waals surface area contributed by atoms with E-state index in [0.29, 0.717) is 29.6 Å². The van der Waals surface area contributed by atoms with Crippen LogP contribution in [0.5, 0.6) is 0 Å². The van der Waals surface area contributed by atoms with Crippen LogP contribution >= 0.6 is 11.3 Å². The largest absolute Gasteiger partial charge is 0.490 e. The number of pyridine rings is 1. The molecule has 2 N–H and O–H groups in total. The number of aromatic amines is 1. The predicted molar refractivity (Wildman–Crippen MR) is 130 cm³/mol. The summed E-state index contributed by atoms with van der Waals surface area (Å²) in [6, 6.07) is 4.27. The van der Waals surface area contributed by atoms with Gasteiger partial charge in [0.25, 0.3) is 0 Å². The van der Waals surface area contributed by atoms with Crippen molar-refractivity contribution in [3.8, 4) is 10.6 Å². The molecular formula is C23H17F9N6O2S. The maximum Gasteiger partial charge on any atom is 0.490 e. The molecule has 1 aromatic carbocycles. The third-order valence-electron chi connectivity index (χ3n) is 5.78. The molecule has 220 valence electrons. The fourth-order valence-corrected chi connectivity index (χ4v) is 4.59. The quantitative estimate of drug-likeness (QED) is 0.271. The number of alkyl halides is 9. The van der Waals surface area contributed by atoms with Crippen LogP contribution < -0.4 is 9.80 Å². The number of hydrogen-bond acceptors (Lipinski definition) is 7. The lowest BCUT2D eigenvalue weighted by atomic mass is 10.1. The smallest absolute Gasteiger partial charge is 0.475 e. The molecule has 8 nitrogen and oxygen atoms in total. The van der Waals surface area contributed by atoms with E-state index >= 15 is 0 Å². The molecule has 18 heteroatoms. The lowest BCUT2D eigenvalue weighted by Crippen LogP contribution is -2.47. The number of H-pyrrole nitrogens is 1. The second-order valence-corrected chi connectivity index (χ2v) is 9.36. The second-order valence-electron chi connectivity index (χ2n) is 8.46. The standard InChI is InChI=1S/C21H16F6N6S.C2HF3O2/c22-20(23,24)12-10-13(18-29-4-9-34-18)16-15(11-12)30-19(31-16)33-7-5-32(6-8-33)17-14(21(25,26)27)2-1-3-28-17;3-2(4,5)1(6)7/h1-4,9-11H,5-8H2,(H,30,31);(H,6,7). The number of benzene rings is 1. The number of aliphatic carboxylic acids is 1. The van der Waals surface area contributed by atoms with Crippen LogP contribution in [0, 0.1) is 0 Å². The van der Waals surface area contributed by atoms with E-state index in [1.807, 2.05) is 0 Å². The number of carboxylic acid groups (broad SMARTS) is 1. The van der Waals surface area contributed by atoms with Crippen LogP contribution in [0.2, 0.25) is 0 Å².